The van der Waals surface area contributed by atoms with Crippen LogP contribution in [0.25, 0.3) is 17.0 Å². The zero-order valence-corrected chi connectivity index (χ0v) is 20.6. The summed E-state index contributed by atoms with van der Waals surface area (Å²) >= 11 is 0. The number of urea groups is 1. The summed E-state index contributed by atoms with van der Waals surface area (Å²) in [5.41, 5.74) is 5.51. The summed E-state index contributed by atoms with van der Waals surface area (Å²) in [6.07, 6.45) is 0. The highest BCUT2D eigenvalue weighted by Gasteiger charge is 2.35. The van der Waals surface area contributed by atoms with E-state index in [1.807, 2.05) is 99.6 Å². The van der Waals surface area contributed by atoms with Crippen LogP contribution in [0.1, 0.15) is 42.5 Å². The van der Waals surface area contributed by atoms with E-state index in [0.29, 0.717) is 24.9 Å². The second-order valence-electron chi connectivity index (χ2n) is 8.69. The Morgan fingerprint density at radius 3 is 2.42 bits per heavy atom. The molecule has 1 N–H and O–H groups in total. The molecule has 1 atom stereocenters. The number of aryl methyl sites for hydroxylation is 1. The van der Waals surface area contributed by atoms with E-state index in [1.165, 1.54) is 0 Å². The summed E-state index contributed by atoms with van der Waals surface area (Å²) < 4.78 is 11.3. The molecule has 4 aromatic rings. The number of aromatic nitrogens is 2. The van der Waals surface area contributed by atoms with Gasteiger partial charge in [0.15, 0.2) is 0 Å². The van der Waals surface area contributed by atoms with Gasteiger partial charge in [-0.3, -0.25) is 4.90 Å². The maximum atomic E-state index is 13.3. The van der Waals surface area contributed by atoms with Gasteiger partial charge in [-0.05, 0) is 61.7 Å². The quantitative estimate of drug-likeness (QED) is 0.344. The zero-order chi connectivity index (χ0) is 25.1. The van der Waals surface area contributed by atoms with Crippen molar-refractivity contribution in [1.82, 2.24) is 20.4 Å². The van der Waals surface area contributed by atoms with Gasteiger partial charge in [0.1, 0.15) is 5.75 Å². The molecule has 36 heavy (non-hydrogen) atoms. The lowest BCUT2D eigenvalue weighted by Gasteiger charge is -2.35. The number of nitrogens with one attached hydrogen (secondary N) is 1. The van der Waals surface area contributed by atoms with Crippen molar-refractivity contribution in [1.29, 1.82) is 0 Å². The number of carbonyl (C=O) groups excluding carboxylic acids is 1. The van der Waals surface area contributed by atoms with Crippen molar-refractivity contribution in [2.75, 3.05) is 6.61 Å². The van der Waals surface area contributed by atoms with Gasteiger partial charge >= 0.3 is 6.03 Å². The third-order valence-corrected chi connectivity index (χ3v) is 6.40. The number of nitrogens with zero attached hydrogens (tertiary/aromatic N) is 3. The summed E-state index contributed by atoms with van der Waals surface area (Å²) in [6, 6.07) is 24.9. The number of amides is 2. The molecular weight excluding hydrogens is 452 g/mol. The average Bonchev–Trinajstić information content (AvgIpc) is 3.38. The van der Waals surface area contributed by atoms with Crippen LogP contribution >= 0.6 is 0 Å². The standard InChI is InChI=1S/C29H28N4O3/c1-4-35-24-16-14-22(15-17-24)27-31-28(36-32-27)25-20(3)33(18-23-13-9-8-10-19(23)2)29(34)30-26(25)21-11-6-5-7-12-21/h5-17,26H,4,18H2,1-3H3,(H,30,34). The fraction of sp³-hybridized carbons (Fsp3) is 0.207. The molecule has 0 bridgehead atoms. The topological polar surface area (TPSA) is 80.5 Å². The molecule has 0 saturated carbocycles. The fourth-order valence-electron chi connectivity index (χ4n) is 4.42. The molecule has 0 spiro atoms. The highest BCUT2D eigenvalue weighted by Crippen LogP contribution is 2.38. The summed E-state index contributed by atoms with van der Waals surface area (Å²) in [4.78, 5) is 19.8. The third-order valence-electron chi connectivity index (χ3n) is 6.40. The van der Waals surface area contributed by atoms with Gasteiger partial charge in [0.2, 0.25) is 5.82 Å². The van der Waals surface area contributed by atoms with Gasteiger partial charge in [-0.25, -0.2) is 4.79 Å². The van der Waals surface area contributed by atoms with Gasteiger partial charge in [0, 0.05) is 11.3 Å². The van der Waals surface area contributed by atoms with Gasteiger partial charge in [0.25, 0.3) is 5.89 Å². The van der Waals surface area contributed by atoms with Crippen LogP contribution in [0, 0.1) is 6.92 Å². The molecule has 1 aliphatic rings. The van der Waals surface area contributed by atoms with Crippen LogP contribution in [0.5, 0.6) is 5.75 Å². The molecule has 0 radical (unpaired) electrons. The van der Waals surface area contributed by atoms with Crippen molar-refractivity contribution in [3.63, 3.8) is 0 Å². The highest BCUT2D eigenvalue weighted by atomic mass is 16.5. The summed E-state index contributed by atoms with van der Waals surface area (Å²) in [5, 5.41) is 7.41. The molecule has 7 heteroatoms. The van der Waals surface area contributed by atoms with Crippen molar-refractivity contribution in [2.24, 2.45) is 0 Å². The molecule has 182 valence electrons. The van der Waals surface area contributed by atoms with Crippen LogP contribution in [-0.4, -0.2) is 27.7 Å². The van der Waals surface area contributed by atoms with Gasteiger partial charge in [0.05, 0.1) is 24.8 Å². The van der Waals surface area contributed by atoms with E-state index < -0.39 is 6.04 Å². The number of ether oxygens (including phenoxy) is 1. The predicted molar refractivity (Wildman–Crippen MR) is 138 cm³/mol. The number of hydrogen-bond acceptors (Lipinski definition) is 5. The van der Waals surface area contributed by atoms with Gasteiger partial charge < -0.3 is 14.6 Å². The van der Waals surface area contributed by atoms with Gasteiger partial charge in [-0.2, -0.15) is 4.98 Å². The lowest BCUT2D eigenvalue weighted by molar-refractivity contribution is 0.203. The first kappa shape index (κ1) is 23.4. The van der Waals surface area contributed by atoms with Crippen molar-refractivity contribution in [2.45, 2.75) is 33.4 Å². The van der Waals surface area contributed by atoms with E-state index >= 15 is 0 Å². The zero-order valence-electron chi connectivity index (χ0n) is 20.6. The second-order valence-corrected chi connectivity index (χ2v) is 8.69. The van der Waals surface area contributed by atoms with E-state index in [1.54, 1.807) is 4.90 Å². The largest absolute Gasteiger partial charge is 0.494 e. The Bertz CT molecular complexity index is 1390. The molecule has 3 aromatic carbocycles. The number of benzene rings is 3. The minimum absolute atomic E-state index is 0.167. The fourth-order valence-corrected chi connectivity index (χ4v) is 4.42. The van der Waals surface area contributed by atoms with Crippen LogP contribution in [0.4, 0.5) is 4.79 Å². The normalized spacial score (nSPS) is 15.7. The Morgan fingerprint density at radius 2 is 1.69 bits per heavy atom. The Labute approximate surface area is 210 Å². The van der Waals surface area contributed by atoms with E-state index in [9.17, 15) is 4.79 Å². The highest BCUT2D eigenvalue weighted by molar-refractivity contribution is 5.87. The molecule has 1 aliphatic heterocycles. The smallest absolute Gasteiger partial charge is 0.322 e. The predicted octanol–water partition coefficient (Wildman–Crippen LogP) is 6.14. The summed E-state index contributed by atoms with van der Waals surface area (Å²) in [7, 11) is 0. The molecule has 1 aromatic heterocycles. The molecule has 0 saturated heterocycles. The van der Waals surface area contributed by atoms with Crippen LogP contribution in [0.15, 0.2) is 89.1 Å². The van der Waals surface area contributed by atoms with Crippen LogP contribution in [0.2, 0.25) is 0 Å². The lowest BCUT2D eigenvalue weighted by atomic mass is 9.94. The average molecular weight is 481 g/mol. The number of carbonyl (C=O) groups is 1. The van der Waals surface area contributed by atoms with Crippen molar-refractivity contribution in [3.8, 4) is 17.1 Å². The number of allylic oxidation sites excluding steroid dienone is 1. The Balaban J connectivity index is 1.56. The monoisotopic (exact) mass is 480 g/mol. The van der Waals surface area contributed by atoms with Crippen LogP contribution < -0.4 is 10.1 Å². The molecule has 0 fully saturated rings. The number of rotatable bonds is 7. The van der Waals surface area contributed by atoms with Crippen LogP contribution in [0.3, 0.4) is 0 Å². The van der Waals surface area contributed by atoms with E-state index in [2.05, 4.69) is 10.5 Å². The van der Waals surface area contributed by atoms with Crippen molar-refractivity contribution < 1.29 is 14.1 Å². The molecule has 2 heterocycles. The first-order valence-corrected chi connectivity index (χ1v) is 12.0. The Kier molecular flexibility index (Phi) is 6.54. The van der Waals surface area contributed by atoms with Crippen molar-refractivity contribution in [3.05, 3.63) is 107 Å². The van der Waals surface area contributed by atoms with E-state index in [4.69, 9.17) is 14.2 Å². The maximum absolute atomic E-state index is 13.3. The van der Waals surface area contributed by atoms with Crippen molar-refractivity contribution >= 4 is 11.6 Å². The van der Waals surface area contributed by atoms with Gasteiger partial charge in [-0.15, -0.1) is 0 Å². The summed E-state index contributed by atoms with van der Waals surface area (Å²) in [5.74, 6) is 1.64. The molecule has 5 rings (SSSR count). The minimum atomic E-state index is -0.416. The lowest BCUT2D eigenvalue weighted by Crippen LogP contribution is -2.45. The Hall–Kier alpha value is -4.39. The van der Waals surface area contributed by atoms with E-state index in [-0.39, 0.29) is 6.03 Å². The van der Waals surface area contributed by atoms with Gasteiger partial charge in [-0.1, -0.05) is 59.8 Å². The number of hydrogen-bond donors (Lipinski definition) is 1. The third kappa shape index (κ3) is 4.60. The first-order valence-electron chi connectivity index (χ1n) is 12.0. The Morgan fingerprint density at radius 1 is 0.972 bits per heavy atom. The first-order chi connectivity index (χ1) is 17.5. The minimum Gasteiger partial charge on any atom is -0.494 e. The molecular formula is C29H28N4O3. The molecule has 1 unspecified atom stereocenters. The molecule has 0 aliphatic carbocycles. The summed E-state index contributed by atoms with van der Waals surface area (Å²) in [6.45, 7) is 6.97. The maximum Gasteiger partial charge on any atom is 0.322 e. The SMILES string of the molecule is CCOc1ccc(-c2noc(C3=C(C)N(Cc4ccccc4C)C(=O)NC3c3ccccc3)n2)cc1. The van der Waals surface area contributed by atoms with E-state index in [0.717, 1.165) is 39.3 Å². The second kappa shape index (κ2) is 10.1. The molecule has 7 nitrogen and oxygen atoms in total. The molecule has 2 amide bonds. The van der Waals surface area contributed by atoms with Crippen LogP contribution in [-0.2, 0) is 6.54 Å².